The lowest BCUT2D eigenvalue weighted by atomic mass is 9.96. The summed E-state index contributed by atoms with van der Waals surface area (Å²) >= 11 is 6.01. The van der Waals surface area contributed by atoms with Crippen LogP contribution in [0.2, 0.25) is 5.02 Å². The van der Waals surface area contributed by atoms with E-state index in [1.807, 2.05) is 6.92 Å². The highest BCUT2D eigenvalue weighted by Crippen LogP contribution is 2.30. The number of hydrogen-bond acceptors (Lipinski definition) is 5. The number of nitrogens with one attached hydrogen (secondary N) is 2. The molecule has 1 aliphatic rings. The first-order valence-electron chi connectivity index (χ1n) is 9.34. The monoisotopic (exact) mass is 418 g/mol. The van der Waals surface area contributed by atoms with Crippen molar-refractivity contribution >= 4 is 23.4 Å². The Labute approximate surface area is 174 Å². The first-order chi connectivity index (χ1) is 14.0. The van der Waals surface area contributed by atoms with Crippen LogP contribution in [0.25, 0.3) is 0 Å². The molecule has 0 spiro atoms. The Kier molecular flexibility index (Phi) is 6.82. The minimum Gasteiger partial charge on any atom is -0.493 e. The fourth-order valence-corrected chi connectivity index (χ4v) is 3.16. The molecule has 3 rings (SSSR count). The van der Waals surface area contributed by atoms with Crippen molar-refractivity contribution in [2.45, 2.75) is 19.8 Å². The molecule has 2 aromatic rings. The predicted octanol–water partition coefficient (Wildman–Crippen LogP) is 3.15. The van der Waals surface area contributed by atoms with Crippen LogP contribution in [0.15, 0.2) is 36.4 Å². The number of halogens is 1. The average molecular weight is 419 g/mol. The Morgan fingerprint density at radius 2 is 2.00 bits per heavy atom. The van der Waals surface area contributed by atoms with Crippen molar-refractivity contribution in [3.63, 3.8) is 0 Å². The van der Waals surface area contributed by atoms with Gasteiger partial charge in [-0.05, 0) is 54.8 Å². The van der Waals surface area contributed by atoms with Gasteiger partial charge < -0.3 is 14.2 Å². The van der Waals surface area contributed by atoms with Gasteiger partial charge in [-0.15, -0.1) is 0 Å². The highest BCUT2D eigenvalue weighted by Gasteiger charge is 2.26. The van der Waals surface area contributed by atoms with Crippen molar-refractivity contribution in [1.82, 2.24) is 10.9 Å². The lowest BCUT2D eigenvalue weighted by Crippen LogP contribution is -2.47. The third-order valence-electron chi connectivity index (χ3n) is 4.49. The molecule has 0 fully saturated rings. The Balaban J connectivity index is 1.58. The fraction of sp³-hybridized carbons (Fsp3) is 0.333. The van der Waals surface area contributed by atoms with Crippen molar-refractivity contribution in [3.05, 3.63) is 52.5 Å². The first kappa shape index (κ1) is 20.8. The second kappa shape index (κ2) is 9.52. The van der Waals surface area contributed by atoms with Gasteiger partial charge in [0.05, 0.1) is 19.6 Å². The van der Waals surface area contributed by atoms with Crippen LogP contribution >= 0.6 is 11.6 Å². The molecule has 0 aliphatic carbocycles. The molecule has 1 aliphatic heterocycles. The lowest BCUT2D eigenvalue weighted by molar-refractivity contribution is -0.127. The van der Waals surface area contributed by atoms with Crippen LogP contribution in [0.3, 0.4) is 0 Å². The van der Waals surface area contributed by atoms with E-state index >= 15 is 0 Å². The number of rotatable bonds is 6. The molecule has 1 heterocycles. The standard InChI is InChI=1S/C21H23ClN2O5/c1-3-8-28-18-6-4-13(11-19(18)27-2)20(25)23-24-21(26)15-9-14-10-16(22)5-7-17(14)29-12-15/h4-7,10-11,15H,3,8-9,12H2,1-2H3,(H,23,25)(H,24,26). The molecule has 7 nitrogen and oxygen atoms in total. The maximum atomic E-state index is 12.4. The second-order valence-electron chi connectivity index (χ2n) is 6.62. The zero-order valence-electron chi connectivity index (χ0n) is 16.3. The fourth-order valence-electron chi connectivity index (χ4n) is 2.96. The summed E-state index contributed by atoms with van der Waals surface area (Å²) in [6.07, 6.45) is 1.34. The third-order valence-corrected chi connectivity index (χ3v) is 4.72. The molecule has 154 valence electrons. The minimum absolute atomic E-state index is 0.230. The van der Waals surface area contributed by atoms with Crippen LogP contribution in [0.5, 0.6) is 17.2 Å². The van der Waals surface area contributed by atoms with Gasteiger partial charge in [0.2, 0.25) is 5.91 Å². The number of hydrogen-bond donors (Lipinski definition) is 2. The average Bonchev–Trinajstić information content (AvgIpc) is 2.75. The van der Waals surface area contributed by atoms with Gasteiger partial charge in [-0.3, -0.25) is 20.4 Å². The molecule has 0 bridgehead atoms. The number of hydrazine groups is 1. The van der Waals surface area contributed by atoms with E-state index in [1.165, 1.54) is 7.11 Å². The van der Waals surface area contributed by atoms with Crippen molar-refractivity contribution in [2.24, 2.45) is 5.92 Å². The van der Waals surface area contributed by atoms with Gasteiger partial charge in [0, 0.05) is 10.6 Å². The van der Waals surface area contributed by atoms with E-state index in [9.17, 15) is 9.59 Å². The number of carbonyl (C=O) groups is 2. The molecule has 0 radical (unpaired) electrons. The number of benzene rings is 2. The van der Waals surface area contributed by atoms with Crippen molar-refractivity contribution < 1.29 is 23.8 Å². The van der Waals surface area contributed by atoms with Crippen LogP contribution in [-0.4, -0.2) is 32.1 Å². The summed E-state index contributed by atoms with van der Waals surface area (Å²) in [5.74, 6) is 0.511. The van der Waals surface area contributed by atoms with E-state index in [1.54, 1.807) is 36.4 Å². The number of carbonyl (C=O) groups excluding carboxylic acids is 2. The van der Waals surface area contributed by atoms with E-state index in [0.29, 0.717) is 35.1 Å². The molecule has 29 heavy (non-hydrogen) atoms. The smallest absolute Gasteiger partial charge is 0.269 e. The van der Waals surface area contributed by atoms with Crippen LogP contribution in [0.4, 0.5) is 0 Å². The molecule has 0 saturated carbocycles. The van der Waals surface area contributed by atoms with Crippen molar-refractivity contribution in [2.75, 3.05) is 20.3 Å². The van der Waals surface area contributed by atoms with Crippen LogP contribution < -0.4 is 25.1 Å². The number of amides is 2. The quantitative estimate of drug-likeness (QED) is 0.704. The molecule has 0 saturated heterocycles. The lowest BCUT2D eigenvalue weighted by Gasteiger charge is -2.24. The van der Waals surface area contributed by atoms with Crippen LogP contribution in [0, 0.1) is 5.92 Å². The Morgan fingerprint density at radius 3 is 2.76 bits per heavy atom. The van der Waals surface area contributed by atoms with E-state index < -0.39 is 11.8 Å². The van der Waals surface area contributed by atoms with Crippen molar-refractivity contribution in [3.8, 4) is 17.2 Å². The number of methoxy groups -OCH3 is 1. The maximum absolute atomic E-state index is 12.4. The SMILES string of the molecule is CCCOc1ccc(C(=O)NNC(=O)C2COc3ccc(Cl)cc3C2)cc1OC. The van der Waals surface area contributed by atoms with Gasteiger partial charge in [-0.2, -0.15) is 0 Å². The van der Waals surface area contributed by atoms with Gasteiger partial charge >= 0.3 is 0 Å². The molecule has 8 heteroatoms. The molecular formula is C21H23ClN2O5. The summed E-state index contributed by atoms with van der Waals surface area (Å²) in [6, 6.07) is 10.2. The molecule has 2 N–H and O–H groups in total. The molecule has 1 unspecified atom stereocenters. The Morgan fingerprint density at radius 1 is 1.17 bits per heavy atom. The summed E-state index contributed by atoms with van der Waals surface area (Å²) in [5.41, 5.74) is 6.09. The van der Waals surface area contributed by atoms with Gasteiger partial charge in [0.15, 0.2) is 11.5 Å². The first-order valence-corrected chi connectivity index (χ1v) is 9.72. The third kappa shape index (κ3) is 5.12. The van der Waals surface area contributed by atoms with E-state index in [2.05, 4.69) is 10.9 Å². The highest BCUT2D eigenvalue weighted by molar-refractivity contribution is 6.30. The molecule has 0 aromatic heterocycles. The minimum atomic E-state index is -0.459. The zero-order chi connectivity index (χ0) is 20.8. The molecular weight excluding hydrogens is 396 g/mol. The molecule has 2 amide bonds. The van der Waals surface area contributed by atoms with Gasteiger partial charge in [-0.1, -0.05) is 18.5 Å². The summed E-state index contributed by atoms with van der Waals surface area (Å²) in [4.78, 5) is 24.8. The van der Waals surface area contributed by atoms with E-state index in [0.717, 1.165) is 17.7 Å². The van der Waals surface area contributed by atoms with Crippen LogP contribution in [0.1, 0.15) is 29.3 Å². The summed E-state index contributed by atoms with van der Waals surface area (Å²) < 4.78 is 16.5. The summed E-state index contributed by atoms with van der Waals surface area (Å²) in [7, 11) is 1.50. The Bertz CT molecular complexity index is 903. The largest absolute Gasteiger partial charge is 0.493 e. The number of fused-ring (bicyclic) bond motifs is 1. The highest BCUT2D eigenvalue weighted by atomic mass is 35.5. The topological polar surface area (TPSA) is 85.9 Å². The zero-order valence-corrected chi connectivity index (χ0v) is 17.0. The molecule has 1 atom stereocenters. The van der Waals surface area contributed by atoms with Crippen molar-refractivity contribution in [1.29, 1.82) is 0 Å². The van der Waals surface area contributed by atoms with Gasteiger partial charge in [0.1, 0.15) is 12.4 Å². The number of ether oxygens (including phenoxy) is 3. The summed E-state index contributed by atoms with van der Waals surface area (Å²) in [5, 5.41) is 0.585. The molecule has 2 aromatic carbocycles. The van der Waals surface area contributed by atoms with Gasteiger partial charge in [0.25, 0.3) is 5.91 Å². The normalized spacial score (nSPS) is 14.9. The maximum Gasteiger partial charge on any atom is 0.269 e. The van der Waals surface area contributed by atoms with Crippen LogP contribution in [-0.2, 0) is 11.2 Å². The van der Waals surface area contributed by atoms with Gasteiger partial charge in [-0.25, -0.2) is 0 Å². The van der Waals surface area contributed by atoms with E-state index in [4.69, 9.17) is 25.8 Å². The van der Waals surface area contributed by atoms with E-state index in [-0.39, 0.29) is 12.5 Å². The Hall–Kier alpha value is -2.93. The second-order valence-corrected chi connectivity index (χ2v) is 7.06. The predicted molar refractivity (Wildman–Crippen MR) is 109 cm³/mol. The summed E-state index contributed by atoms with van der Waals surface area (Å²) in [6.45, 7) is 2.78.